The summed E-state index contributed by atoms with van der Waals surface area (Å²) >= 11 is 1.82. The molecule has 4 nitrogen and oxygen atoms in total. The van der Waals surface area contributed by atoms with Crippen molar-refractivity contribution in [3.05, 3.63) is 93.2 Å². The summed E-state index contributed by atoms with van der Waals surface area (Å²) in [6.45, 7) is 5.91. The molecule has 2 aliphatic rings. The molecule has 1 aliphatic heterocycles. The number of rotatable bonds is 9. The zero-order chi connectivity index (χ0) is 25.7. The minimum absolute atomic E-state index is 0.185. The van der Waals surface area contributed by atoms with Crippen LogP contribution in [0.2, 0.25) is 0 Å². The van der Waals surface area contributed by atoms with Crippen molar-refractivity contribution in [2.24, 2.45) is 0 Å². The van der Waals surface area contributed by atoms with Gasteiger partial charge in [0, 0.05) is 21.7 Å². The molecule has 0 radical (unpaired) electrons. The highest BCUT2D eigenvalue weighted by molar-refractivity contribution is 7.11. The second-order valence-corrected chi connectivity index (χ2v) is 11.1. The van der Waals surface area contributed by atoms with Crippen LogP contribution in [0, 0.1) is 12.3 Å². The van der Waals surface area contributed by atoms with E-state index < -0.39 is 0 Å². The van der Waals surface area contributed by atoms with E-state index >= 15 is 0 Å². The Hall–Kier alpha value is -3.33. The number of benzene rings is 2. The van der Waals surface area contributed by atoms with Gasteiger partial charge in [-0.3, -0.25) is 9.69 Å². The molecule has 1 spiro atoms. The quantitative estimate of drug-likeness (QED) is 0.241. The fourth-order valence-corrected chi connectivity index (χ4v) is 6.37. The van der Waals surface area contributed by atoms with Gasteiger partial charge in [0.25, 0.3) is 0 Å². The summed E-state index contributed by atoms with van der Waals surface area (Å²) in [5, 5.41) is 0. The Morgan fingerprint density at radius 1 is 1.08 bits per heavy atom. The van der Waals surface area contributed by atoms with Gasteiger partial charge in [0.15, 0.2) is 0 Å². The molecule has 5 rings (SSSR count). The molecule has 37 heavy (non-hydrogen) atoms. The standard InChI is InChI=1S/C32H33NO3S/c1-3-24(21-31(34)35-4-2)25-9-11-27(12-10-25)36-23-29-14-13-28(37-29)22-33-19-17-32(18-20-33)16-15-26-7-5-6-8-30(26)32/h1,5-16,24H,4,17-23H2,2H3/t24-/m0/s1. The highest BCUT2D eigenvalue weighted by Crippen LogP contribution is 2.43. The van der Waals surface area contributed by atoms with Crippen molar-refractivity contribution in [1.82, 2.24) is 4.90 Å². The third kappa shape index (κ3) is 5.82. The maximum Gasteiger partial charge on any atom is 0.307 e. The molecule has 1 saturated heterocycles. The summed E-state index contributed by atoms with van der Waals surface area (Å²) in [5.74, 6) is 2.91. The number of thiophene rings is 1. The number of allylic oxidation sites excluding steroid dienone is 1. The Morgan fingerprint density at radius 2 is 1.84 bits per heavy atom. The lowest BCUT2D eigenvalue weighted by atomic mass is 9.74. The van der Waals surface area contributed by atoms with E-state index in [-0.39, 0.29) is 23.7 Å². The minimum atomic E-state index is -0.294. The molecule has 0 N–H and O–H groups in total. The van der Waals surface area contributed by atoms with Gasteiger partial charge in [0.05, 0.1) is 18.9 Å². The first-order valence-electron chi connectivity index (χ1n) is 13.0. The number of esters is 1. The number of terminal acetylenes is 1. The molecule has 190 valence electrons. The van der Waals surface area contributed by atoms with Crippen molar-refractivity contribution in [1.29, 1.82) is 0 Å². The molecule has 0 unspecified atom stereocenters. The van der Waals surface area contributed by atoms with Crippen LogP contribution in [0.1, 0.15) is 58.5 Å². The van der Waals surface area contributed by atoms with Crippen LogP contribution < -0.4 is 4.74 Å². The van der Waals surface area contributed by atoms with Crippen molar-refractivity contribution in [2.45, 2.75) is 50.7 Å². The minimum Gasteiger partial charge on any atom is -0.488 e. The summed E-state index contributed by atoms with van der Waals surface area (Å²) in [4.78, 5) is 17.0. The van der Waals surface area contributed by atoms with Crippen LogP contribution in [0.4, 0.5) is 0 Å². The van der Waals surface area contributed by atoms with Crippen LogP contribution in [0.3, 0.4) is 0 Å². The SMILES string of the molecule is C#C[C@@H](CC(=O)OCC)c1ccc(OCc2ccc(CN3CCC4(C=Cc5ccccc54)CC3)s2)cc1. The number of hydrogen-bond donors (Lipinski definition) is 0. The molecular weight excluding hydrogens is 478 g/mol. The Balaban J connectivity index is 1.10. The van der Waals surface area contributed by atoms with Gasteiger partial charge >= 0.3 is 5.97 Å². The molecule has 1 fully saturated rings. The lowest BCUT2D eigenvalue weighted by Crippen LogP contribution is -2.40. The normalized spacial score (nSPS) is 16.8. The number of hydrogen-bond acceptors (Lipinski definition) is 5. The molecule has 1 atom stereocenters. The van der Waals surface area contributed by atoms with E-state index in [1.807, 2.05) is 35.6 Å². The number of nitrogens with zero attached hydrogens (tertiary/aromatic N) is 1. The van der Waals surface area contributed by atoms with E-state index in [2.05, 4.69) is 59.4 Å². The van der Waals surface area contributed by atoms with Gasteiger partial charge in [-0.2, -0.15) is 0 Å². The molecule has 3 aromatic rings. The maximum atomic E-state index is 11.8. The van der Waals surface area contributed by atoms with Gasteiger partial charge in [-0.05, 0) is 73.8 Å². The summed E-state index contributed by atoms with van der Waals surface area (Å²) in [5.41, 5.74) is 4.05. The van der Waals surface area contributed by atoms with Crippen molar-refractivity contribution in [3.8, 4) is 18.1 Å². The van der Waals surface area contributed by atoms with Gasteiger partial charge in [0.2, 0.25) is 0 Å². The maximum absolute atomic E-state index is 11.8. The fourth-order valence-electron chi connectivity index (χ4n) is 5.40. The second-order valence-electron chi connectivity index (χ2n) is 9.81. The molecule has 0 bridgehead atoms. The van der Waals surface area contributed by atoms with Crippen molar-refractivity contribution >= 4 is 23.4 Å². The van der Waals surface area contributed by atoms with E-state index in [4.69, 9.17) is 15.9 Å². The highest BCUT2D eigenvalue weighted by Gasteiger charge is 2.37. The molecule has 1 aromatic heterocycles. The van der Waals surface area contributed by atoms with Crippen LogP contribution in [-0.4, -0.2) is 30.6 Å². The van der Waals surface area contributed by atoms with Crippen molar-refractivity contribution in [2.75, 3.05) is 19.7 Å². The average Bonchev–Trinajstić information content (AvgIpc) is 3.53. The monoisotopic (exact) mass is 511 g/mol. The largest absolute Gasteiger partial charge is 0.488 e. The number of ether oxygens (including phenoxy) is 2. The number of carbonyl (C=O) groups is 1. The van der Waals surface area contributed by atoms with Gasteiger partial charge < -0.3 is 9.47 Å². The topological polar surface area (TPSA) is 38.8 Å². The zero-order valence-corrected chi connectivity index (χ0v) is 22.1. The molecular formula is C32H33NO3S. The van der Waals surface area contributed by atoms with Crippen molar-refractivity contribution in [3.63, 3.8) is 0 Å². The Morgan fingerprint density at radius 3 is 2.59 bits per heavy atom. The molecule has 2 aromatic carbocycles. The third-order valence-electron chi connectivity index (χ3n) is 7.47. The summed E-state index contributed by atoms with van der Waals surface area (Å²) in [6.07, 6.45) is 12.9. The fraction of sp³-hybridized carbons (Fsp3) is 0.344. The van der Waals surface area contributed by atoms with E-state index in [1.165, 1.54) is 33.7 Å². The first-order chi connectivity index (χ1) is 18.1. The Bertz CT molecular complexity index is 1290. The van der Waals surface area contributed by atoms with Crippen LogP contribution in [0.25, 0.3) is 6.08 Å². The van der Waals surface area contributed by atoms with Crippen LogP contribution >= 0.6 is 11.3 Å². The molecule has 1 aliphatic carbocycles. The summed E-state index contributed by atoms with van der Waals surface area (Å²) in [6, 6.07) is 20.9. The van der Waals surface area contributed by atoms with E-state index in [9.17, 15) is 4.79 Å². The molecule has 0 saturated carbocycles. The first kappa shape index (κ1) is 25.3. The lowest BCUT2D eigenvalue weighted by molar-refractivity contribution is -0.143. The Labute approximate surface area is 223 Å². The first-order valence-corrected chi connectivity index (χ1v) is 13.8. The van der Waals surface area contributed by atoms with Crippen molar-refractivity contribution < 1.29 is 14.3 Å². The van der Waals surface area contributed by atoms with Crippen LogP contribution in [0.5, 0.6) is 5.75 Å². The van der Waals surface area contributed by atoms with Crippen LogP contribution in [0.15, 0.2) is 66.7 Å². The summed E-state index contributed by atoms with van der Waals surface area (Å²) in [7, 11) is 0. The number of likely N-dealkylation sites (tertiary alicyclic amines) is 1. The predicted molar refractivity (Wildman–Crippen MR) is 150 cm³/mol. The third-order valence-corrected chi connectivity index (χ3v) is 8.51. The smallest absolute Gasteiger partial charge is 0.307 e. The molecule has 0 amide bonds. The Kier molecular flexibility index (Phi) is 7.79. The molecule has 2 heterocycles. The van der Waals surface area contributed by atoms with Gasteiger partial charge in [-0.25, -0.2) is 0 Å². The zero-order valence-electron chi connectivity index (χ0n) is 21.3. The average molecular weight is 512 g/mol. The van der Waals surface area contributed by atoms with Crippen LogP contribution in [-0.2, 0) is 28.1 Å². The number of carbonyl (C=O) groups excluding carboxylic acids is 1. The van der Waals surface area contributed by atoms with E-state index in [0.717, 1.165) is 30.9 Å². The second kappa shape index (κ2) is 11.4. The predicted octanol–water partition coefficient (Wildman–Crippen LogP) is 6.56. The highest BCUT2D eigenvalue weighted by atomic mass is 32.1. The van der Waals surface area contributed by atoms with Gasteiger partial charge in [0.1, 0.15) is 12.4 Å². The number of piperidine rings is 1. The van der Waals surface area contributed by atoms with E-state index in [0.29, 0.717) is 13.2 Å². The lowest BCUT2D eigenvalue weighted by Gasteiger charge is -2.39. The number of fused-ring (bicyclic) bond motifs is 2. The van der Waals surface area contributed by atoms with E-state index in [1.54, 1.807) is 6.92 Å². The van der Waals surface area contributed by atoms with Gasteiger partial charge in [-0.1, -0.05) is 54.5 Å². The summed E-state index contributed by atoms with van der Waals surface area (Å²) < 4.78 is 11.1. The van der Waals surface area contributed by atoms with Gasteiger partial charge in [-0.15, -0.1) is 17.8 Å². The molecule has 5 heteroatoms.